The first kappa shape index (κ1) is 12.4. The van der Waals surface area contributed by atoms with E-state index in [0.29, 0.717) is 6.54 Å². The van der Waals surface area contributed by atoms with Crippen molar-refractivity contribution in [2.45, 2.75) is 19.1 Å². The van der Waals surface area contributed by atoms with Gasteiger partial charge in [-0.25, -0.2) is 0 Å². The fourth-order valence-electron chi connectivity index (χ4n) is 2.47. The van der Waals surface area contributed by atoms with Gasteiger partial charge in [0.1, 0.15) is 0 Å². The molecule has 1 saturated heterocycles. The predicted octanol–water partition coefficient (Wildman–Crippen LogP) is 1.60. The van der Waals surface area contributed by atoms with Gasteiger partial charge in [0.05, 0.1) is 31.1 Å². The van der Waals surface area contributed by atoms with Crippen LogP contribution in [-0.2, 0) is 14.3 Å². The first-order valence-electron chi connectivity index (χ1n) is 6.70. The second-order valence-corrected chi connectivity index (χ2v) is 4.80. The summed E-state index contributed by atoms with van der Waals surface area (Å²) in [4.78, 5) is 13.8. The molecule has 0 unspecified atom stereocenters. The van der Waals surface area contributed by atoms with Crippen LogP contribution in [0.2, 0.25) is 0 Å². The van der Waals surface area contributed by atoms with Gasteiger partial charge in [-0.1, -0.05) is 12.1 Å². The van der Waals surface area contributed by atoms with E-state index in [4.69, 9.17) is 9.47 Å². The molecule has 19 heavy (non-hydrogen) atoms. The van der Waals surface area contributed by atoms with E-state index in [9.17, 15) is 4.79 Å². The smallest absolute Gasteiger partial charge is 0.243 e. The standard InChI is InChI=1S/C14H18N2O3/c17-13-10-16(7-6-14-18-8-3-9-19-14)12-5-2-1-4-11(12)15-13/h1-2,4-5,14H,3,6-10H2,(H,15,17). The first-order chi connectivity index (χ1) is 9.33. The van der Waals surface area contributed by atoms with Gasteiger partial charge in [0.15, 0.2) is 6.29 Å². The summed E-state index contributed by atoms with van der Waals surface area (Å²) in [6.07, 6.45) is 1.61. The highest BCUT2D eigenvalue weighted by atomic mass is 16.7. The molecule has 1 N–H and O–H groups in total. The van der Waals surface area contributed by atoms with Gasteiger partial charge in [-0.2, -0.15) is 0 Å². The second-order valence-electron chi connectivity index (χ2n) is 4.80. The Morgan fingerprint density at radius 2 is 2.05 bits per heavy atom. The lowest BCUT2D eigenvalue weighted by Crippen LogP contribution is -2.40. The quantitative estimate of drug-likeness (QED) is 0.899. The van der Waals surface area contributed by atoms with Crippen molar-refractivity contribution in [1.82, 2.24) is 0 Å². The van der Waals surface area contributed by atoms with Crippen LogP contribution >= 0.6 is 0 Å². The zero-order chi connectivity index (χ0) is 13.1. The fraction of sp³-hybridized carbons (Fsp3) is 0.500. The zero-order valence-corrected chi connectivity index (χ0v) is 10.8. The van der Waals surface area contributed by atoms with Crippen LogP contribution in [0.5, 0.6) is 0 Å². The van der Waals surface area contributed by atoms with E-state index < -0.39 is 0 Å². The van der Waals surface area contributed by atoms with Crippen LogP contribution in [0.1, 0.15) is 12.8 Å². The number of rotatable bonds is 3. The number of amides is 1. The van der Waals surface area contributed by atoms with Gasteiger partial charge >= 0.3 is 0 Å². The molecule has 0 radical (unpaired) electrons. The van der Waals surface area contributed by atoms with E-state index in [1.54, 1.807) is 0 Å². The zero-order valence-electron chi connectivity index (χ0n) is 10.8. The number of carbonyl (C=O) groups is 1. The number of benzene rings is 1. The Balaban J connectivity index is 1.65. The van der Waals surface area contributed by atoms with Gasteiger partial charge in [-0.15, -0.1) is 0 Å². The van der Waals surface area contributed by atoms with E-state index in [1.807, 2.05) is 24.3 Å². The average Bonchev–Trinajstić information content (AvgIpc) is 2.45. The van der Waals surface area contributed by atoms with Crippen LogP contribution in [0.25, 0.3) is 0 Å². The Labute approximate surface area is 112 Å². The highest BCUT2D eigenvalue weighted by Crippen LogP contribution is 2.29. The van der Waals surface area contributed by atoms with Crippen molar-refractivity contribution < 1.29 is 14.3 Å². The number of anilines is 2. The molecule has 5 nitrogen and oxygen atoms in total. The SMILES string of the molecule is O=C1CN(CCC2OCCCO2)c2ccccc2N1. The molecule has 5 heteroatoms. The minimum absolute atomic E-state index is 0.0316. The molecular formula is C14H18N2O3. The Morgan fingerprint density at radius 3 is 2.89 bits per heavy atom. The third kappa shape index (κ3) is 2.88. The maximum Gasteiger partial charge on any atom is 0.243 e. The molecule has 0 bridgehead atoms. The number of hydrogen-bond acceptors (Lipinski definition) is 4. The van der Waals surface area contributed by atoms with Crippen molar-refractivity contribution in [3.05, 3.63) is 24.3 Å². The third-order valence-corrected chi connectivity index (χ3v) is 3.38. The van der Waals surface area contributed by atoms with Crippen LogP contribution in [0, 0.1) is 0 Å². The van der Waals surface area contributed by atoms with Crippen LogP contribution in [0.15, 0.2) is 24.3 Å². The van der Waals surface area contributed by atoms with Crippen molar-refractivity contribution in [3.63, 3.8) is 0 Å². The molecule has 0 spiro atoms. The highest BCUT2D eigenvalue weighted by molar-refractivity contribution is 6.01. The molecule has 0 saturated carbocycles. The maximum absolute atomic E-state index is 11.7. The van der Waals surface area contributed by atoms with Gasteiger partial charge in [0.2, 0.25) is 5.91 Å². The molecule has 102 valence electrons. The molecule has 0 aromatic heterocycles. The van der Waals surface area contributed by atoms with Crippen LogP contribution < -0.4 is 10.2 Å². The Morgan fingerprint density at radius 1 is 1.26 bits per heavy atom. The molecule has 2 aliphatic rings. The van der Waals surface area contributed by atoms with E-state index in [1.165, 1.54) is 0 Å². The summed E-state index contributed by atoms with van der Waals surface area (Å²) in [6.45, 7) is 2.68. The minimum atomic E-state index is -0.133. The van der Waals surface area contributed by atoms with Gasteiger partial charge in [-0.3, -0.25) is 4.79 Å². The highest BCUT2D eigenvalue weighted by Gasteiger charge is 2.23. The fourth-order valence-corrected chi connectivity index (χ4v) is 2.47. The maximum atomic E-state index is 11.7. The average molecular weight is 262 g/mol. The molecule has 2 aliphatic heterocycles. The van der Waals surface area contributed by atoms with Crippen molar-refractivity contribution >= 4 is 17.3 Å². The number of hydrogen-bond donors (Lipinski definition) is 1. The lowest BCUT2D eigenvalue weighted by molar-refractivity contribution is -0.179. The molecular weight excluding hydrogens is 244 g/mol. The Bertz CT molecular complexity index is 458. The number of ether oxygens (including phenoxy) is 2. The van der Waals surface area contributed by atoms with Gasteiger partial charge < -0.3 is 19.7 Å². The van der Waals surface area contributed by atoms with E-state index in [-0.39, 0.29) is 12.2 Å². The normalized spacial score (nSPS) is 20.0. The van der Waals surface area contributed by atoms with E-state index in [2.05, 4.69) is 10.2 Å². The molecule has 1 aromatic carbocycles. The predicted molar refractivity (Wildman–Crippen MR) is 72.2 cm³/mol. The van der Waals surface area contributed by atoms with Gasteiger partial charge in [0.25, 0.3) is 0 Å². The summed E-state index contributed by atoms with van der Waals surface area (Å²) in [7, 11) is 0. The summed E-state index contributed by atoms with van der Waals surface area (Å²) in [5.74, 6) is 0.0316. The Hall–Kier alpha value is -1.59. The van der Waals surface area contributed by atoms with Gasteiger partial charge in [0, 0.05) is 13.0 Å². The molecule has 1 fully saturated rings. The molecule has 0 atom stereocenters. The number of para-hydroxylation sites is 2. The number of nitrogens with zero attached hydrogens (tertiary/aromatic N) is 1. The van der Waals surface area contributed by atoms with Gasteiger partial charge in [-0.05, 0) is 18.6 Å². The van der Waals surface area contributed by atoms with Crippen LogP contribution in [0.3, 0.4) is 0 Å². The largest absolute Gasteiger partial charge is 0.360 e. The lowest BCUT2D eigenvalue weighted by Gasteiger charge is -2.32. The summed E-state index contributed by atoms with van der Waals surface area (Å²) < 4.78 is 11.1. The number of nitrogens with one attached hydrogen (secondary N) is 1. The van der Waals surface area contributed by atoms with Crippen LogP contribution in [-0.4, -0.2) is 38.5 Å². The van der Waals surface area contributed by atoms with Crippen molar-refractivity contribution in [1.29, 1.82) is 0 Å². The summed E-state index contributed by atoms with van der Waals surface area (Å²) in [5.41, 5.74) is 1.95. The minimum Gasteiger partial charge on any atom is -0.360 e. The summed E-state index contributed by atoms with van der Waals surface area (Å²) in [6, 6.07) is 7.86. The topological polar surface area (TPSA) is 50.8 Å². The molecule has 2 heterocycles. The summed E-state index contributed by atoms with van der Waals surface area (Å²) >= 11 is 0. The molecule has 0 aliphatic carbocycles. The number of carbonyl (C=O) groups excluding carboxylic acids is 1. The molecule has 1 aromatic rings. The van der Waals surface area contributed by atoms with Crippen LogP contribution in [0.4, 0.5) is 11.4 Å². The van der Waals surface area contributed by atoms with Crippen molar-refractivity contribution in [2.24, 2.45) is 0 Å². The second kappa shape index (κ2) is 5.59. The van der Waals surface area contributed by atoms with Crippen molar-refractivity contribution in [2.75, 3.05) is 36.5 Å². The summed E-state index contributed by atoms with van der Waals surface area (Å²) in [5, 5.41) is 2.88. The first-order valence-corrected chi connectivity index (χ1v) is 6.70. The molecule has 3 rings (SSSR count). The van der Waals surface area contributed by atoms with Crippen molar-refractivity contribution in [3.8, 4) is 0 Å². The number of fused-ring (bicyclic) bond motifs is 1. The monoisotopic (exact) mass is 262 g/mol. The Kier molecular flexibility index (Phi) is 3.66. The van der Waals surface area contributed by atoms with E-state index in [0.717, 1.165) is 44.0 Å². The lowest BCUT2D eigenvalue weighted by atomic mass is 10.2. The molecule has 1 amide bonds. The third-order valence-electron chi connectivity index (χ3n) is 3.38. The van der Waals surface area contributed by atoms with E-state index >= 15 is 0 Å².